The van der Waals surface area contributed by atoms with E-state index in [1.807, 2.05) is 0 Å². The van der Waals surface area contributed by atoms with E-state index in [1.165, 1.54) is 36.6 Å². The number of fused-ring (bicyclic) bond motifs is 1. The Hall–Kier alpha value is -2.68. The van der Waals surface area contributed by atoms with Crippen molar-refractivity contribution in [3.05, 3.63) is 39.8 Å². The number of amides is 1. The fourth-order valence-electron chi connectivity index (χ4n) is 3.44. The quantitative estimate of drug-likeness (QED) is 0.621. The van der Waals surface area contributed by atoms with Crippen LogP contribution in [0, 0.1) is 5.92 Å². The first-order valence-corrected chi connectivity index (χ1v) is 10.4. The number of rotatable bonds is 7. The Kier molecular flexibility index (Phi) is 6.91. The number of esters is 1. The molecule has 30 heavy (non-hydrogen) atoms. The number of hydrogen-bond donors (Lipinski definition) is 1. The lowest BCUT2D eigenvalue weighted by molar-refractivity contribution is -0.0512. The molecule has 1 atom stereocenters. The number of anilines is 1. The maximum atomic E-state index is 12.8. The van der Waals surface area contributed by atoms with Gasteiger partial charge in [0.15, 0.2) is 11.5 Å². The van der Waals surface area contributed by atoms with Gasteiger partial charge in [0, 0.05) is 10.4 Å². The number of alkyl halides is 2. The van der Waals surface area contributed by atoms with Gasteiger partial charge in [0.2, 0.25) is 0 Å². The van der Waals surface area contributed by atoms with Gasteiger partial charge in [-0.3, -0.25) is 4.79 Å². The molecule has 9 heteroatoms. The van der Waals surface area contributed by atoms with Crippen molar-refractivity contribution in [2.24, 2.45) is 5.92 Å². The normalized spacial score (nSPS) is 15.5. The van der Waals surface area contributed by atoms with Crippen LogP contribution >= 0.6 is 11.3 Å². The lowest BCUT2D eigenvalue weighted by atomic mass is 9.88. The van der Waals surface area contributed by atoms with E-state index in [0.717, 1.165) is 29.7 Å². The monoisotopic (exact) mass is 439 g/mol. The number of carbonyl (C=O) groups is 2. The third-order valence-corrected chi connectivity index (χ3v) is 6.03. The zero-order valence-corrected chi connectivity index (χ0v) is 17.7. The molecule has 0 spiro atoms. The summed E-state index contributed by atoms with van der Waals surface area (Å²) in [5, 5.41) is 3.22. The molecule has 0 radical (unpaired) electrons. The molecule has 1 aromatic heterocycles. The van der Waals surface area contributed by atoms with Crippen LogP contribution in [0.15, 0.2) is 18.2 Å². The van der Waals surface area contributed by atoms with Gasteiger partial charge in [-0.2, -0.15) is 8.78 Å². The Morgan fingerprint density at radius 3 is 2.73 bits per heavy atom. The molecule has 3 rings (SSSR count). The van der Waals surface area contributed by atoms with Crippen LogP contribution in [0.3, 0.4) is 0 Å². The second-order valence-corrected chi connectivity index (χ2v) is 8.08. The summed E-state index contributed by atoms with van der Waals surface area (Å²) >= 11 is 1.38. The molecule has 0 aliphatic heterocycles. The average Bonchev–Trinajstić information content (AvgIpc) is 3.04. The van der Waals surface area contributed by atoms with Crippen molar-refractivity contribution in [3.8, 4) is 11.5 Å². The van der Waals surface area contributed by atoms with Gasteiger partial charge in [0.05, 0.1) is 19.3 Å². The van der Waals surface area contributed by atoms with Gasteiger partial charge >= 0.3 is 12.6 Å². The summed E-state index contributed by atoms with van der Waals surface area (Å²) in [6.07, 6.45) is 2.56. The van der Waals surface area contributed by atoms with Crippen LogP contribution < -0.4 is 14.8 Å². The van der Waals surface area contributed by atoms with Crippen LogP contribution in [0.4, 0.5) is 13.8 Å². The summed E-state index contributed by atoms with van der Waals surface area (Å²) in [5.74, 6) is -0.613. The van der Waals surface area contributed by atoms with Crippen LogP contribution in [0.5, 0.6) is 11.5 Å². The number of hydrogen-bond acceptors (Lipinski definition) is 6. The highest BCUT2D eigenvalue weighted by Gasteiger charge is 2.29. The fraction of sp³-hybridized carbons (Fsp3) is 0.429. The molecule has 1 amide bonds. The molecular formula is C21H23F2NO5S. The van der Waals surface area contributed by atoms with Crippen molar-refractivity contribution in [2.75, 3.05) is 19.0 Å². The van der Waals surface area contributed by atoms with E-state index in [4.69, 9.17) is 9.47 Å². The summed E-state index contributed by atoms with van der Waals surface area (Å²) in [4.78, 5) is 26.5. The lowest BCUT2D eigenvalue weighted by Gasteiger charge is -2.18. The molecule has 0 fully saturated rings. The van der Waals surface area contributed by atoms with Gasteiger partial charge in [0.25, 0.3) is 5.91 Å². The molecule has 162 valence electrons. The zero-order chi connectivity index (χ0) is 21.8. The van der Waals surface area contributed by atoms with Gasteiger partial charge in [-0.1, -0.05) is 6.92 Å². The summed E-state index contributed by atoms with van der Waals surface area (Å²) < 4.78 is 39.7. The van der Waals surface area contributed by atoms with Crippen molar-refractivity contribution < 1.29 is 32.6 Å². The van der Waals surface area contributed by atoms with Gasteiger partial charge in [-0.25, -0.2) is 4.79 Å². The molecule has 1 heterocycles. The van der Waals surface area contributed by atoms with Crippen molar-refractivity contribution >= 4 is 28.2 Å². The molecule has 0 bridgehead atoms. The smallest absolute Gasteiger partial charge is 0.387 e. The van der Waals surface area contributed by atoms with Gasteiger partial charge in [-0.05, 0) is 55.9 Å². The second-order valence-electron chi connectivity index (χ2n) is 6.97. The third kappa shape index (κ3) is 4.72. The van der Waals surface area contributed by atoms with Gasteiger partial charge in [0.1, 0.15) is 5.00 Å². The first kappa shape index (κ1) is 22.0. The number of methoxy groups -OCH3 is 1. The first-order chi connectivity index (χ1) is 14.3. The van der Waals surface area contributed by atoms with E-state index in [1.54, 1.807) is 6.92 Å². The SMILES string of the molecule is CCOC(=O)c1c(NC(=O)c2ccc(OC(F)F)c(OC)c2)sc2c1CC[C@H](C)C2. The number of nitrogens with one attached hydrogen (secondary N) is 1. The molecule has 0 unspecified atom stereocenters. The summed E-state index contributed by atoms with van der Waals surface area (Å²) in [6, 6.07) is 3.91. The van der Waals surface area contributed by atoms with Crippen molar-refractivity contribution in [2.45, 2.75) is 39.7 Å². The fourth-order valence-corrected chi connectivity index (χ4v) is 4.83. The Labute approximate surface area is 177 Å². The van der Waals surface area contributed by atoms with E-state index in [9.17, 15) is 18.4 Å². The van der Waals surface area contributed by atoms with Gasteiger partial charge in [-0.15, -0.1) is 11.3 Å². The minimum atomic E-state index is -3.01. The molecule has 1 N–H and O–H groups in total. The Morgan fingerprint density at radius 1 is 1.30 bits per heavy atom. The molecular weight excluding hydrogens is 416 g/mol. The molecule has 0 saturated carbocycles. The number of halogens is 2. The standard InChI is InChI=1S/C21H23F2NO5S/c1-4-28-20(26)17-13-7-5-11(2)9-16(13)30-19(17)24-18(25)12-6-8-14(29-21(22)23)15(10-12)27-3/h6,8,10-11,21H,4-5,7,9H2,1-3H3,(H,24,25)/t11-/m0/s1. The topological polar surface area (TPSA) is 73.9 Å². The Balaban J connectivity index is 1.90. The molecule has 1 aliphatic rings. The predicted octanol–water partition coefficient (Wildman–Crippen LogP) is 4.91. The second kappa shape index (κ2) is 9.42. The number of benzene rings is 1. The van der Waals surface area contributed by atoms with E-state index in [2.05, 4.69) is 17.0 Å². The van der Waals surface area contributed by atoms with Crippen LogP contribution in [-0.2, 0) is 17.6 Å². The van der Waals surface area contributed by atoms with E-state index >= 15 is 0 Å². The summed E-state index contributed by atoms with van der Waals surface area (Å²) in [5.41, 5.74) is 1.52. The van der Waals surface area contributed by atoms with Crippen LogP contribution in [0.25, 0.3) is 0 Å². The van der Waals surface area contributed by atoms with Crippen LogP contribution in [-0.4, -0.2) is 32.2 Å². The molecule has 0 saturated heterocycles. The highest BCUT2D eigenvalue weighted by atomic mass is 32.1. The van der Waals surface area contributed by atoms with Crippen molar-refractivity contribution in [1.82, 2.24) is 0 Å². The van der Waals surface area contributed by atoms with E-state index in [0.29, 0.717) is 16.5 Å². The van der Waals surface area contributed by atoms with Crippen molar-refractivity contribution in [3.63, 3.8) is 0 Å². The lowest BCUT2D eigenvalue weighted by Crippen LogP contribution is -2.17. The predicted molar refractivity (Wildman–Crippen MR) is 109 cm³/mol. The minimum absolute atomic E-state index is 0.00728. The van der Waals surface area contributed by atoms with Crippen LogP contribution in [0.1, 0.15) is 51.4 Å². The first-order valence-electron chi connectivity index (χ1n) is 9.59. The largest absolute Gasteiger partial charge is 0.493 e. The highest BCUT2D eigenvalue weighted by Crippen LogP contribution is 2.40. The number of ether oxygens (including phenoxy) is 3. The molecule has 6 nitrogen and oxygen atoms in total. The number of thiophene rings is 1. The maximum Gasteiger partial charge on any atom is 0.387 e. The van der Waals surface area contributed by atoms with E-state index < -0.39 is 18.5 Å². The molecule has 2 aromatic rings. The Bertz CT molecular complexity index is 944. The highest BCUT2D eigenvalue weighted by molar-refractivity contribution is 7.17. The molecule has 1 aromatic carbocycles. The minimum Gasteiger partial charge on any atom is -0.493 e. The van der Waals surface area contributed by atoms with Gasteiger partial charge < -0.3 is 19.5 Å². The van der Waals surface area contributed by atoms with Crippen LogP contribution in [0.2, 0.25) is 0 Å². The molecule has 1 aliphatic carbocycles. The van der Waals surface area contributed by atoms with E-state index in [-0.39, 0.29) is 23.7 Å². The summed E-state index contributed by atoms with van der Waals surface area (Å²) in [6.45, 7) is 1.10. The maximum absolute atomic E-state index is 12.8. The number of carbonyl (C=O) groups excluding carboxylic acids is 2. The zero-order valence-electron chi connectivity index (χ0n) is 16.9. The third-order valence-electron chi connectivity index (χ3n) is 4.86. The van der Waals surface area contributed by atoms with Crippen molar-refractivity contribution in [1.29, 1.82) is 0 Å². The Morgan fingerprint density at radius 2 is 2.07 bits per heavy atom. The summed E-state index contributed by atoms with van der Waals surface area (Å²) in [7, 11) is 1.29. The average molecular weight is 439 g/mol.